The fourth-order valence-corrected chi connectivity index (χ4v) is 7.31. The molecule has 3 heteroatoms. The van der Waals surface area contributed by atoms with Crippen molar-refractivity contribution < 1.29 is 0 Å². The van der Waals surface area contributed by atoms with Gasteiger partial charge in [-0.25, -0.2) is 4.98 Å². The Morgan fingerprint density at radius 2 is 1.33 bits per heavy atom. The lowest BCUT2D eigenvalue weighted by Gasteiger charge is -2.24. The molecule has 0 aliphatic heterocycles. The Kier molecular flexibility index (Phi) is 6.10. The van der Waals surface area contributed by atoms with Crippen LogP contribution < -0.4 is 5.73 Å². The van der Waals surface area contributed by atoms with E-state index in [0.29, 0.717) is 5.69 Å². The summed E-state index contributed by atoms with van der Waals surface area (Å²) in [5.41, 5.74) is 18.8. The maximum Gasteiger partial charge on any atom is 0.145 e. The van der Waals surface area contributed by atoms with E-state index in [2.05, 4.69) is 138 Å². The number of hydrogen-bond donors (Lipinski definition) is 1. The van der Waals surface area contributed by atoms with E-state index in [1.54, 1.807) is 0 Å². The van der Waals surface area contributed by atoms with Gasteiger partial charge in [-0.1, -0.05) is 109 Å². The molecule has 1 aliphatic carbocycles. The van der Waals surface area contributed by atoms with Gasteiger partial charge in [0.2, 0.25) is 0 Å². The van der Waals surface area contributed by atoms with Gasteiger partial charge in [0, 0.05) is 16.9 Å². The van der Waals surface area contributed by atoms with Crippen molar-refractivity contribution in [1.29, 1.82) is 0 Å². The molecule has 7 aromatic carbocycles. The summed E-state index contributed by atoms with van der Waals surface area (Å²) < 4.78 is 2.24. The first-order chi connectivity index (χ1) is 22.7. The molecule has 46 heavy (non-hydrogen) atoms. The SMILES string of the molecule is Nc1ccc2c(c1)nc(-c1cccc(-c3c4c(c(-c5ccc6ccccc6c5)c5ccccc35)CCC=C4)c1)n2-c1ccccc1. The fraction of sp³-hybridized carbons (Fsp3) is 0.0465. The third-order valence-corrected chi connectivity index (χ3v) is 9.35. The van der Waals surface area contributed by atoms with Crippen LogP contribution in [-0.4, -0.2) is 9.55 Å². The van der Waals surface area contributed by atoms with Crippen LogP contribution in [0.25, 0.3) is 78.0 Å². The Balaban J connectivity index is 1.29. The summed E-state index contributed by atoms with van der Waals surface area (Å²) in [5.74, 6) is 0.898. The van der Waals surface area contributed by atoms with Crippen molar-refractivity contribution in [3.8, 4) is 39.3 Å². The van der Waals surface area contributed by atoms with Gasteiger partial charge in [0.25, 0.3) is 0 Å². The molecule has 2 N–H and O–H groups in total. The summed E-state index contributed by atoms with van der Waals surface area (Å²) in [7, 11) is 0. The molecule has 3 nitrogen and oxygen atoms in total. The van der Waals surface area contributed by atoms with Gasteiger partial charge in [-0.2, -0.15) is 0 Å². The molecule has 0 saturated heterocycles. The van der Waals surface area contributed by atoms with E-state index in [1.807, 2.05) is 18.2 Å². The molecule has 0 bridgehead atoms. The molecular weight excluding hydrogens is 558 g/mol. The van der Waals surface area contributed by atoms with Gasteiger partial charge in [-0.05, 0) is 110 Å². The van der Waals surface area contributed by atoms with E-state index in [4.69, 9.17) is 10.7 Å². The highest BCUT2D eigenvalue weighted by molar-refractivity contribution is 6.11. The lowest BCUT2D eigenvalue weighted by atomic mass is 9.80. The minimum Gasteiger partial charge on any atom is -0.399 e. The van der Waals surface area contributed by atoms with Gasteiger partial charge in [0.1, 0.15) is 5.82 Å². The van der Waals surface area contributed by atoms with Gasteiger partial charge in [0.15, 0.2) is 0 Å². The summed E-state index contributed by atoms with van der Waals surface area (Å²) in [5, 5.41) is 5.09. The highest BCUT2D eigenvalue weighted by Crippen LogP contribution is 2.45. The van der Waals surface area contributed by atoms with Crippen LogP contribution >= 0.6 is 0 Å². The van der Waals surface area contributed by atoms with E-state index in [-0.39, 0.29) is 0 Å². The minimum atomic E-state index is 0.710. The second-order valence-electron chi connectivity index (χ2n) is 12.1. The van der Waals surface area contributed by atoms with Crippen LogP contribution in [0.5, 0.6) is 0 Å². The van der Waals surface area contributed by atoms with Gasteiger partial charge < -0.3 is 5.73 Å². The predicted octanol–water partition coefficient (Wildman–Crippen LogP) is 10.9. The molecule has 0 unspecified atom stereocenters. The minimum absolute atomic E-state index is 0.710. The quantitative estimate of drug-likeness (QED) is 0.208. The van der Waals surface area contributed by atoms with Crippen molar-refractivity contribution in [2.45, 2.75) is 12.8 Å². The number of nitrogens with two attached hydrogens (primary N) is 1. The molecular formula is C43H31N3. The summed E-state index contributed by atoms with van der Waals surface area (Å²) in [6, 6.07) is 49.8. The Morgan fingerprint density at radius 3 is 2.20 bits per heavy atom. The standard InChI is InChI=1S/C43H31N3/c44-33-23-24-40-39(27-33)45-43(46(40)34-15-2-1-3-16-34)32-14-10-13-30(26-32)41-35-17-6-8-19-37(35)42(38-20-9-7-18-36(38)41)31-22-21-28-11-4-5-12-29(28)25-31/h1-8,10-19,21-27H,9,20,44H2. The third kappa shape index (κ3) is 4.24. The van der Waals surface area contributed by atoms with Crippen LogP contribution in [-0.2, 0) is 6.42 Å². The van der Waals surface area contributed by atoms with Gasteiger partial charge >= 0.3 is 0 Å². The lowest BCUT2D eigenvalue weighted by Crippen LogP contribution is -2.03. The molecule has 0 spiro atoms. The fourth-order valence-electron chi connectivity index (χ4n) is 7.31. The average Bonchev–Trinajstić information content (AvgIpc) is 3.49. The number of hydrogen-bond acceptors (Lipinski definition) is 2. The van der Waals surface area contributed by atoms with Crippen LogP contribution in [0.2, 0.25) is 0 Å². The summed E-state index contributed by atoms with van der Waals surface area (Å²) in [6.07, 6.45) is 6.72. The molecule has 0 radical (unpaired) electrons. The number of nitrogen functional groups attached to an aromatic ring is 1. The molecule has 0 saturated carbocycles. The van der Waals surface area contributed by atoms with Crippen molar-refractivity contribution in [2.24, 2.45) is 0 Å². The zero-order valence-corrected chi connectivity index (χ0v) is 25.3. The number of allylic oxidation sites excluding steroid dienone is 1. The van der Waals surface area contributed by atoms with Crippen molar-refractivity contribution in [2.75, 3.05) is 5.73 Å². The summed E-state index contributed by atoms with van der Waals surface area (Å²) in [6.45, 7) is 0. The van der Waals surface area contributed by atoms with Gasteiger partial charge in [-0.15, -0.1) is 0 Å². The van der Waals surface area contributed by atoms with E-state index < -0.39 is 0 Å². The maximum absolute atomic E-state index is 6.20. The number of para-hydroxylation sites is 1. The lowest BCUT2D eigenvalue weighted by molar-refractivity contribution is 0.991. The van der Waals surface area contributed by atoms with E-state index in [0.717, 1.165) is 41.0 Å². The molecule has 9 rings (SSSR count). The van der Waals surface area contributed by atoms with Crippen LogP contribution in [0.3, 0.4) is 0 Å². The Bertz CT molecular complexity index is 2480. The number of nitrogens with zero attached hydrogens (tertiary/aromatic N) is 2. The number of rotatable bonds is 4. The summed E-state index contributed by atoms with van der Waals surface area (Å²) in [4.78, 5) is 5.15. The first kappa shape index (κ1) is 26.5. The Morgan fingerprint density at radius 1 is 0.587 bits per heavy atom. The average molecular weight is 590 g/mol. The topological polar surface area (TPSA) is 43.8 Å². The van der Waals surface area contributed by atoms with E-state index >= 15 is 0 Å². The molecule has 0 atom stereocenters. The monoisotopic (exact) mass is 589 g/mol. The zero-order valence-electron chi connectivity index (χ0n) is 25.3. The molecule has 8 aromatic rings. The van der Waals surface area contributed by atoms with Crippen molar-refractivity contribution in [3.63, 3.8) is 0 Å². The van der Waals surface area contributed by atoms with Crippen molar-refractivity contribution >= 4 is 44.3 Å². The second-order valence-corrected chi connectivity index (χ2v) is 12.1. The van der Waals surface area contributed by atoms with E-state index in [1.165, 1.54) is 54.9 Å². The molecule has 1 heterocycles. The maximum atomic E-state index is 6.20. The highest BCUT2D eigenvalue weighted by Gasteiger charge is 2.23. The van der Waals surface area contributed by atoms with Gasteiger partial charge in [0.05, 0.1) is 11.0 Å². The highest BCUT2D eigenvalue weighted by atomic mass is 15.1. The molecule has 1 aliphatic rings. The first-order valence-corrected chi connectivity index (χ1v) is 15.9. The van der Waals surface area contributed by atoms with Crippen LogP contribution in [0.4, 0.5) is 5.69 Å². The summed E-state index contributed by atoms with van der Waals surface area (Å²) >= 11 is 0. The number of fused-ring (bicyclic) bond motifs is 4. The third-order valence-electron chi connectivity index (χ3n) is 9.35. The molecule has 0 fully saturated rings. The van der Waals surface area contributed by atoms with Crippen molar-refractivity contribution in [1.82, 2.24) is 9.55 Å². The molecule has 1 aromatic heterocycles. The first-order valence-electron chi connectivity index (χ1n) is 15.9. The number of aromatic nitrogens is 2. The zero-order chi connectivity index (χ0) is 30.6. The smallest absolute Gasteiger partial charge is 0.145 e. The Hall–Kier alpha value is -5.93. The van der Waals surface area contributed by atoms with Crippen LogP contribution in [0, 0.1) is 0 Å². The number of anilines is 1. The van der Waals surface area contributed by atoms with Crippen molar-refractivity contribution in [3.05, 3.63) is 157 Å². The number of benzene rings is 7. The number of imidazole rings is 1. The normalized spacial score (nSPS) is 12.6. The predicted molar refractivity (Wildman–Crippen MR) is 194 cm³/mol. The van der Waals surface area contributed by atoms with Gasteiger partial charge in [-0.3, -0.25) is 4.57 Å². The van der Waals surface area contributed by atoms with Crippen LogP contribution in [0.15, 0.2) is 146 Å². The molecule has 0 amide bonds. The van der Waals surface area contributed by atoms with Crippen LogP contribution in [0.1, 0.15) is 17.5 Å². The second kappa shape index (κ2) is 10.6. The largest absolute Gasteiger partial charge is 0.399 e. The van der Waals surface area contributed by atoms with E-state index in [9.17, 15) is 0 Å². The molecule has 218 valence electrons. The Labute approximate surface area is 267 Å².